The van der Waals surface area contributed by atoms with Gasteiger partial charge in [0.2, 0.25) is 0 Å². The van der Waals surface area contributed by atoms with E-state index in [1.54, 1.807) is 0 Å². The zero-order valence-electron chi connectivity index (χ0n) is 17.9. The fraction of sp³-hybridized carbons (Fsp3) is 0.172. The SMILES string of the molecule is CCc1ccc(OCCSC(c2ccccc2)(c2ccccc2)c2ccccc2)cc1. The van der Waals surface area contributed by atoms with Gasteiger partial charge in [-0.1, -0.05) is 110 Å². The lowest BCUT2D eigenvalue weighted by atomic mass is 9.84. The van der Waals surface area contributed by atoms with Crippen LogP contribution in [0.1, 0.15) is 29.2 Å². The first-order valence-electron chi connectivity index (χ1n) is 10.8. The number of benzene rings is 4. The Morgan fingerprint density at radius 2 is 1.06 bits per heavy atom. The van der Waals surface area contributed by atoms with Crippen LogP contribution in [-0.4, -0.2) is 12.4 Å². The van der Waals surface area contributed by atoms with Gasteiger partial charge in [-0.05, 0) is 40.8 Å². The second-order valence-corrected chi connectivity index (χ2v) is 8.78. The molecule has 0 bridgehead atoms. The van der Waals surface area contributed by atoms with Gasteiger partial charge in [-0.3, -0.25) is 0 Å². The van der Waals surface area contributed by atoms with E-state index in [0.717, 1.165) is 17.9 Å². The Morgan fingerprint density at radius 3 is 1.48 bits per heavy atom. The Balaban J connectivity index is 1.63. The molecule has 0 saturated heterocycles. The molecule has 0 aliphatic rings. The number of thioether (sulfide) groups is 1. The van der Waals surface area contributed by atoms with Crippen molar-refractivity contribution in [2.24, 2.45) is 0 Å². The summed E-state index contributed by atoms with van der Waals surface area (Å²) in [6.45, 7) is 2.83. The third-order valence-electron chi connectivity index (χ3n) is 5.54. The molecule has 0 aromatic heterocycles. The minimum Gasteiger partial charge on any atom is -0.493 e. The van der Waals surface area contributed by atoms with Crippen molar-refractivity contribution in [1.82, 2.24) is 0 Å². The zero-order chi connectivity index (χ0) is 21.4. The number of ether oxygens (including phenoxy) is 1. The van der Waals surface area contributed by atoms with Gasteiger partial charge >= 0.3 is 0 Å². The van der Waals surface area contributed by atoms with E-state index < -0.39 is 0 Å². The molecule has 0 fully saturated rings. The third-order valence-corrected chi connectivity index (χ3v) is 7.05. The zero-order valence-corrected chi connectivity index (χ0v) is 18.7. The predicted octanol–water partition coefficient (Wildman–Crippen LogP) is 7.35. The molecule has 4 aromatic carbocycles. The molecule has 0 unspecified atom stereocenters. The molecule has 31 heavy (non-hydrogen) atoms. The molecule has 0 N–H and O–H groups in total. The lowest BCUT2D eigenvalue weighted by Crippen LogP contribution is -2.27. The third kappa shape index (κ3) is 4.86. The van der Waals surface area contributed by atoms with Crippen LogP contribution in [0.4, 0.5) is 0 Å². The topological polar surface area (TPSA) is 9.23 Å². The van der Waals surface area contributed by atoms with Gasteiger partial charge in [-0.2, -0.15) is 0 Å². The number of hydrogen-bond acceptors (Lipinski definition) is 2. The molecular weight excluding hydrogens is 396 g/mol. The van der Waals surface area contributed by atoms with Gasteiger partial charge in [0.15, 0.2) is 0 Å². The van der Waals surface area contributed by atoms with E-state index in [2.05, 4.69) is 122 Å². The van der Waals surface area contributed by atoms with Crippen LogP contribution in [0.25, 0.3) is 0 Å². The van der Waals surface area contributed by atoms with Crippen LogP contribution in [0, 0.1) is 0 Å². The fourth-order valence-electron chi connectivity index (χ4n) is 3.94. The van der Waals surface area contributed by atoms with E-state index in [4.69, 9.17) is 4.74 Å². The Hall–Kier alpha value is -2.97. The van der Waals surface area contributed by atoms with Crippen molar-refractivity contribution in [3.8, 4) is 5.75 Å². The smallest absolute Gasteiger partial charge is 0.119 e. The molecule has 0 aliphatic carbocycles. The Bertz CT molecular complexity index is 948. The molecule has 0 heterocycles. The van der Waals surface area contributed by atoms with Gasteiger partial charge in [0.25, 0.3) is 0 Å². The van der Waals surface area contributed by atoms with E-state index in [-0.39, 0.29) is 4.75 Å². The predicted molar refractivity (Wildman–Crippen MR) is 133 cm³/mol. The van der Waals surface area contributed by atoms with E-state index >= 15 is 0 Å². The van der Waals surface area contributed by atoms with E-state index in [9.17, 15) is 0 Å². The molecule has 0 amide bonds. The van der Waals surface area contributed by atoms with Crippen molar-refractivity contribution >= 4 is 11.8 Å². The van der Waals surface area contributed by atoms with Gasteiger partial charge in [0, 0.05) is 5.75 Å². The lowest BCUT2D eigenvalue weighted by molar-refractivity contribution is 0.343. The van der Waals surface area contributed by atoms with Gasteiger partial charge in [0.1, 0.15) is 5.75 Å². The summed E-state index contributed by atoms with van der Waals surface area (Å²) in [5.41, 5.74) is 5.18. The molecule has 0 spiro atoms. The van der Waals surface area contributed by atoms with Crippen LogP contribution in [-0.2, 0) is 11.2 Å². The Labute approximate surface area is 190 Å². The maximum absolute atomic E-state index is 6.09. The molecule has 4 aromatic rings. The molecule has 2 heteroatoms. The van der Waals surface area contributed by atoms with Crippen LogP contribution in [0.5, 0.6) is 5.75 Å². The van der Waals surface area contributed by atoms with Gasteiger partial charge in [-0.15, -0.1) is 11.8 Å². The molecular formula is C29H28OS. The van der Waals surface area contributed by atoms with Gasteiger partial charge in [-0.25, -0.2) is 0 Å². The van der Waals surface area contributed by atoms with Crippen LogP contribution in [0.3, 0.4) is 0 Å². The van der Waals surface area contributed by atoms with Gasteiger partial charge < -0.3 is 4.74 Å². The highest BCUT2D eigenvalue weighted by molar-refractivity contribution is 8.00. The van der Waals surface area contributed by atoms with Crippen molar-refractivity contribution in [3.63, 3.8) is 0 Å². The highest BCUT2D eigenvalue weighted by Gasteiger charge is 2.36. The van der Waals surface area contributed by atoms with E-state index in [1.165, 1.54) is 22.3 Å². The van der Waals surface area contributed by atoms with Crippen LogP contribution < -0.4 is 4.74 Å². The maximum atomic E-state index is 6.09. The summed E-state index contributed by atoms with van der Waals surface area (Å²) in [5.74, 6) is 1.80. The van der Waals surface area contributed by atoms with Crippen LogP contribution >= 0.6 is 11.8 Å². The monoisotopic (exact) mass is 424 g/mol. The normalized spacial score (nSPS) is 11.3. The van der Waals surface area contributed by atoms with Crippen molar-refractivity contribution in [1.29, 1.82) is 0 Å². The number of hydrogen-bond donors (Lipinski definition) is 0. The first kappa shape index (κ1) is 21.3. The standard InChI is InChI=1S/C29H28OS/c1-2-24-18-20-28(21-19-24)30-22-23-31-29(25-12-6-3-7-13-25,26-14-8-4-9-15-26)27-16-10-5-11-17-27/h3-21H,2,22-23H2,1H3. The molecule has 156 valence electrons. The van der Waals surface area contributed by atoms with Crippen molar-refractivity contribution in [2.45, 2.75) is 18.1 Å². The van der Waals surface area contributed by atoms with Gasteiger partial charge in [0.05, 0.1) is 11.4 Å². The summed E-state index contributed by atoms with van der Waals surface area (Å²) in [6, 6.07) is 40.8. The minimum atomic E-state index is -0.292. The van der Waals surface area contributed by atoms with Crippen molar-refractivity contribution < 1.29 is 4.74 Å². The molecule has 0 aliphatic heterocycles. The molecule has 0 atom stereocenters. The molecule has 0 saturated carbocycles. The lowest BCUT2D eigenvalue weighted by Gasteiger charge is -2.35. The molecule has 4 rings (SSSR count). The highest BCUT2D eigenvalue weighted by atomic mass is 32.2. The number of rotatable bonds is 9. The van der Waals surface area contributed by atoms with E-state index in [0.29, 0.717) is 6.61 Å². The highest BCUT2D eigenvalue weighted by Crippen LogP contribution is 2.48. The fourth-order valence-corrected chi connectivity index (χ4v) is 5.33. The second kappa shape index (κ2) is 10.4. The largest absolute Gasteiger partial charge is 0.493 e. The first-order valence-corrected chi connectivity index (χ1v) is 11.8. The minimum absolute atomic E-state index is 0.292. The first-order chi connectivity index (χ1) is 15.3. The van der Waals surface area contributed by atoms with Crippen molar-refractivity contribution in [2.75, 3.05) is 12.4 Å². The van der Waals surface area contributed by atoms with Crippen LogP contribution in [0.2, 0.25) is 0 Å². The second-order valence-electron chi connectivity index (χ2n) is 7.47. The molecule has 1 nitrogen and oxygen atoms in total. The van der Waals surface area contributed by atoms with Crippen molar-refractivity contribution in [3.05, 3.63) is 138 Å². The maximum Gasteiger partial charge on any atom is 0.119 e. The number of aryl methyl sites for hydroxylation is 1. The summed E-state index contributed by atoms with van der Waals surface area (Å²) in [7, 11) is 0. The Morgan fingerprint density at radius 1 is 0.613 bits per heavy atom. The Kier molecular flexibility index (Phi) is 7.11. The van der Waals surface area contributed by atoms with E-state index in [1.807, 2.05) is 11.8 Å². The summed E-state index contributed by atoms with van der Waals surface area (Å²) < 4.78 is 5.80. The average Bonchev–Trinajstić information content (AvgIpc) is 2.86. The quantitative estimate of drug-likeness (QED) is 0.205. The summed E-state index contributed by atoms with van der Waals surface area (Å²) >= 11 is 1.93. The summed E-state index contributed by atoms with van der Waals surface area (Å²) in [6.07, 6.45) is 1.05. The summed E-state index contributed by atoms with van der Waals surface area (Å²) in [4.78, 5) is 0. The summed E-state index contributed by atoms with van der Waals surface area (Å²) in [5, 5.41) is 0. The molecule has 0 radical (unpaired) electrons. The van der Waals surface area contributed by atoms with Crippen LogP contribution in [0.15, 0.2) is 115 Å². The average molecular weight is 425 g/mol.